The molecule has 1 nitrogen and oxygen atoms in total. The molecule has 1 aromatic rings. The average Bonchev–Trinajstić information content (AvgIpc) is 2.77. The van der Waals surface area contributed by atoms with Crippen LogP contribution in [0.3, 0.4) is 0 Å². The topological polar surface area (TPSA) is 20.2 Å². The van der Waals surface area contributed by atoms with Crippen molar-refractivity contribution in [2.45, 2.75) is 155 Å². The first-order valence-corrected chi connectivity index (χ1v) is 14.1. The lowest BCUT2D eigenvalue weighted by Crippen LogP contribution is -1.96. The van der Waals surface area contributed by atoms with Crippen LogP contribution in [0.4, 0.5) is 0 Å². The van der Waals surface area contributed by atoms with E-state index in [9.17, 15) is 5.11 Å². The summed E-state index contributed by atoms with van der Waals surface area (Å²) in [5.41, 5.74) is 2.63. The number of rotatable bonds is 22. The normalized spacial score (nSPS) is 11.3. The van der Waals surface area contributed by atoms with E-state index in [0.29, 0.717) is 5.75 Å². The Morgan fingerprint density at radius 2 is 0.871 bits per heavy atom. The lowest BCUT2D eigenvalue weighted by Gasteiger charge is -2.12. The predicted octanol–water partition coefficient (Wildman–Crippen LogP) is 10.3. The van der Waals surface area contributed by atoms with Gasteiger partial charge in [0.2, 0.25) is 0 Å². The summed E-state index contributed by atoms with van der Waals surface area (Å²) in [5.74, 6) is 0.528. The summed E-state index contributed by atoms with van der Waals surface area (Å²) < 4.78 is 0. The monoisotopic (exact) mass is 430 g/mol. The highest BCUT2D eigenvalue weighted by atomic mass is 16.3. The second-order valence-corrected chi connectivity index (χ2v) is 9.78. The number of unbranched alkanes of at least 4 members (excludes halogenated alkanes) is 18. The van der Waals surface area contributed by atoms with Gasteiger partial charge < -0.3 is 5.11 Å². The van der Waals surface area contributed by atoms with Crippen molar-refractivity contribution in [1.29, 1.82) is 0 Å². The molecule has 1 rings (SSSR count). The Morgan fingerprint density at radius 3 is 1.32 bits per heavy atom. The van der Waals surface area contributed by atoms with Gasteiger partial charge in [-0.05, 0) is 42.9 Å². The molecule has 0 fully saturated rings. The third kappa shape index (κ3) is 15.5. The molecular weight excluding hydrogens is 376 g/mol. The number of hydrogen-bond donors (Lipinski definition) is 1. The zero-order chi connectivity index (χ0) is 22.4. The minimum absolute atomic E-state index is 0.528. The molecule has 0 radical (unpaired) electrons. The number of phenolic OH excluding ortho intramolecular Hbond substituents is 1. The Bertz CT molecular complexity index is 507. The average molecular weight is 431 g/mol. The van der Waals surface area contributed by atoms with Crippen LogP contribution in [-0.4, -0.2) is 5.11 Å². The van der Waals surface area contributed by atoms with Crippen LogP contribution in [0.15, 0.2) is 18.2 Å². The first kappa shape index (κ1) is 28.1. The Hall–Kier alpha value is -0.980. The molecule has 0 amide bonds. The quantitative estimate of drug-likeness (QED) is 0.181. The third-order valence-electron chi connectivity index (χ3n) is 6.83. The van der Waals surface area contributed by atoms with Gasteiger partial charge in [-0.2, -0.15) is 0 Å². The van der Waals surface area contributed by atoms with Crippen LogP contribution in [0.25, 0.3) is 0 Å². The minimum atomic E-state index is 0.528. The largest absolute Gasteiger partial charge is 0.508 e. The molecule has 0 saturated heterocycles. The van der Waals surface area contributed by atoms with Crippen LogP contribution in [0, 0.1) is 0 Å². The maximum atomic E-state index is 10.4. The van der Waals surface area contributed by atoms with E-state index >= 15 is 0 Å². The third-order valence-corrected chi connectivity index (χ3v) is 6.83. The number of benzene rings is 1. The highest BCUT2D eigenvalue weighted by Gasteiger charge is 2.07. The van der Waals surface area contributed by atoms with Crippen LogP contribution in [-0.2, 0) is 12.8 Å². The van der Waals surface area contributed by atoms with Crippen LogP contribution in [0.2, 0.25) is 0 Å². The van der Waals surface area contributed by atoms with Crippen LogP contribution in [0.5, 0.6) is 5.75 Å². The number of phenols is 1. The molecule has 1 heteroatoms. The maximum absolute atomic E-state index is 10.4. The second-order valence-electron chi connectivity index (χ2n) is 9.78. The Morgan fingerprint density at radius 1 is 0.484 bits per heavy atom. The van der Waals surface area contributed by atoms with Gasteiger partial charge in [0.25, 0.3) is 0 Å². The van der Waals surface area contributed by atoms with Crippen LogP contribution in [0.1, 0.15) is 153 Å². The summed E-state index contributed by atoms with van der Waals surface area (Å²) >= 11 is 0. The van der Waals surface area contributed by atoms with E-state index in [1.54, 1.807) is 0 Å². The summed E-state index contributed by atoms with van der Waals surface area (Å²) in [6.45, 7) is 4.57. The minimum Gasteiger partial charge on any atom is -0.508 e. The summed E-state index contributed by atoms with van der Waals surface area (Å²) in [4.78, 5) is 0. The zero-order valence-electron chi connectivity index (χ0n) is 21.2. The van der Waals surface area contributed by atoms with E-state index in [4.69, 9.17) is 0 Å². The summed E-state index contributed by atoms with van der Waals surface area (Å²) in [6.07, 6.45) is 29.7. The van der Waals surface area contributed by atoms with E-state index in [-0.39, 0.29) is 0 Å². The number of aryl methyl sites for hydroxylation is 1. The molecule has 0 aromatic heterocycles. The highest BCUT2D eigenvalue weighted by Crippen LogP contribution is 2.25. The predicted molar refractivity (Wildman–Crippen MR) is 139 cm³/mol. The molecule has 0 unspecified atom stereocenters. The van der Waals surface area contributed by atoms with Crippen molar-refractivity contribution in [3.05, 3.63) is 29.3 Å². The van der Waals surface area contributed by atoms with Gasteiger partial charge >= 0.3 is 0 Å². The Balaban J connectivity index is 2.11. The van der Waals surface area contributed by atoms with Crippen LogP contribution >= 0.6 is 0 Å². The summed E-state index contributed by atoms with van der Waals surface area (Å²) in [7, 11) is 0. The first-order valence-electron chi connectivity index (χ1n) is 14.1. The molecule has 31 heavy (non-hydrogen) atoms. The number of hydrogen-bond acceptors (Lipinski definition) is 1. The molecule has 0 spiro atoms. The van der Waals surface area contributed by atoms with Gasteiger partial charge in [0.1, 0.15) is 5.75 Å². The fourth-order valence-electron chi connectivity index (χ4n) is 4.74. The fourth-order valence-corrected chi connectivity index (χ4v) is 4.74. The lowest BCUT2D eigenvalue weighted by molar-refractivity contribution is 0.464. The molecule has 0 aliphatic carbocycles. The van der Waals surface area contributed by atoms with Crippen molar-refractivity contribution in [1.82, 2.24) is 0 Å². The van der Waals surface area contributed by atoms with Gasteiger partial charge in [-0.1, -0.05) is 142 Å². The van der Waals surface area contributed by atoms with E-state index in [2.05, 4.69) is 19.9 Å². The fraction of sp³-hybridized carbons (Fsp3) is 0.800. The van der Waals surface area contributed by atoms with E-state index < -0.39 is 0 Å². The lowest BCUT2D eigenvalue weighted by atomic mass is 9.95. The van der Waals surface area contributed by atoms with E-state index in [1.807, 2.05) is 12.1 Å². The second kappa shape index (κ2) is 20.9. The van der Waals surface area contributed by atoms with Crippen molar-refractivity contribution in [3.8, 4) is 5.75 Å². The van der Waals surface area contributed by atoms with Crippen molar-refractivity contribution < 1.29 is 5.11 Å². The molecule has 1 aromatic carbocycles. The molecule has 0 aliphatic rings. The first-order chi connectivity index (χ1) is 15.3. The molecule has 0 aliphatic heterocycles. The van der Waals surface area contributed by atoms with Gasteiger partial charge in [0.05, 0.1) is 0 Å². The van der Waals surface area contributed by atoms with Crippen molar-refractivity contribution in [2.75, 3.05) is 0 Å². The zero-order valence-corrected chi connectivity index (χ0v) is 21.2. The molecule has 0 heterocycles. The number of aromatic hydroxyl groups is 1. The molecule has 0 atom stereocenters. The van der Waals surface area contributed by atoms with Crippen molar-refractivity contribution in [3.63, 3.8) is 0 Å². The summed E-state index contributed by atoms with van der Waals surface area (Å²) in [5, 5.41) is 10.4. The van der Waals surface area contributed by atoms with E-state index in [0.717, 1.165) is 12.8 Å². The molecule has 1 N–H and O–H groups in total. The molecule has 180 valence electrons. The smallest absolute Gasteiger partial charge is 0.119 e. The van der Waals surface area contributed by atoms with Gasteiger partial charge in [0.15, 0.2) is 0 Å². The molecule has 0 bridgehead atoms. The van der Waals surface area contributed by atoms with Crippen molar-refractivity contribution in [2.24, 2.45) is 0 Å². The standard InChI is InChI=1S/C30H54O/c1-3-5-7-9-11-13-15-17-19-21-24-28-25-23-27-30(31)29(28)26-22-20-18-16-14-12-10-8-6-4-2/h23,25,27,31H,3-22,24,26H2,1-2H3. The van der Waals surface area contributed by atoms with Gasteiger partial charge in [-0.15, -0.1) is 0 Å². The van der Waals surface area contributed by atoms with Crippen molar-refractivity contribution >= 4 is 0 Å². The summed E-state index contributed by atoms with van der Waals surface area (Å²) in [6, 6.07) is 6.16. The maximum Gasteiger partial charge on any atom is 0.119 e. The van der Waals surface area contributed by atoms with Crippen LogP contribution < -0.4 is 0 Å². The van der Waals surface area contributed by atoms with Gasteiger partial charge in [-0.25, -0.2) is 0 Å². The highest BCUT2D eigenvalue weighted by molar-refractivity contribution is 5.39. The Kier molecular flexibility index (Phi) is 18.9. The molecule has 0 saturated carbocycles. The SMILES string of the molecule is CCCCCCCCCCCCc1cccc(O)c1CCCCCCCCCCCC. The van der Waals surface area contributed by atoms with Gasteiger partial charge in [0, 0.05) is 0 Å². The van der Waals surface area contributed by atoms with Gasteiger partial charge in [-0.3, -0.25) is 0 Å². The Labute approximate surface area is 195 Å². The molecular formula is C30H54O. The van der Waals surface area contributed by atoms with E-state index in [1.165, 1.54) is 140 Å².